The second-order valence-corrected chi connectivity index (χ2v) is 4.19. The molecule has 98 valence electrons. The monoisotopic (exact) mass is 270 g/mol. The van der Waals surface area contributed by atoms with Crippen molar-refractivity contribution >= 4 is 23.4 Å². The molecule has 0 aromatic carbocycles. The molecule has 8 heteroatoms. The highest BCUT2D eigenvalue weighted by atomic mass is 32.1. The summed E-state index contributed by atoms with van der Waals surface area (Å²) in [5.41, 5.74) is 0.00474. The molecule has 0 atom stereocenters. The predicted octanol–water partition coefficient (Wildman–Crippen LogP) is 0.215. The highest BCUT2D eigenvalue weighted by molar-refractivity contribution is 7.71. The number of hydrogen-bond acceptors (Lipinski definition) is 4. The maximum absolute atomic E-state index is 12.2. The summed E-state index contributed by atoms with van der Waals surface area (Å²) in [6, 6.07) is 0. The molecule has 0 amide bonds. The van der Waals surface area contributed by atoms with E-state index in [1.165, 1.54) is 4.57 Å². The van der Waals surface area contributed by atoms with E-state index in [0.717, 1.165) is 4.57 Å². The molecule has 2 N–H and O–H groups in total. The van der Waals surface area contributed by atoms with Crippen LogP contribution in [-0.4, -0.2) is 32.8 Å². The molecular weight excluding hydrogens is 256 g/mol. The number of H-pyrrole nitrogens is 2. The van der Waals surface area contributed by atoms with Crippen LogP contribution in [0.2, 0.25) is 0 Å². The van der Waals surface area contributed by atoms with Crippen LogP contribution in [0.5, 0.6) is 0 Å². The first-order valence-corrected chi connectivity index (χ1v) is 5.95. The summed E-state index contributed by atoms with van der Waals surface area (Å²) in [5.74, 6) is 0. The van der Waals surface area contributed by atoms with E-state index >= 15 is 0 Å². The average Bonchev–Trinajstić information content (AvgIpc) is 2.72. The van der Waals surface area contributed by atoms with Gasteiger partial charge < -0.3 is 14.7 Å². The number of methoxy groups -OCH3 is 1. The first-order valence-electron chi connectivity index (χ1n) is 5.54. The Balaban J connectivity index is 2.85. The highest BCUT2D eigenvalue weighted by Crippen LogP contribution is 2.02. The zero-order valence-electron chi connectivity index (χ0n) is 10.1. The zero-order valence-corrected chi connectivity index (χ0v) is 11.0. The van der Waals surface area contributed by atoms with Crippen molar-refractivity contribution in [2.75, 3.05) is 13.7 Å². The lowest BCUT2D eigenvalue weighted by atomic mass is 10.5. The molecule has 18 heavy (non-hydrogen) atoms. The van der Waals surface area contributed by atoms with Crippen LogP contribution in [0.15, 0.2) is 9.59 Å². The third kappa shape index (κ3) is 1.93. The molecule has 2 aromatic rings. The molecule has 0 fully saturated rings. The maximum atomic E-state index is 12.2. The lowest BCUT2D eigenvalue weighted by Gasteiger charge is -2.09. The van der Waals surface area contributed by atoms with Gasteiger partial charge in [-0.2, -0.15) is 0 Å². The molecule has 0 bridgehead atoms. The van der Waals surface area contributed by atoms with Crippen molar-refractivity contribution in [3.8, 4) is 0 Å². The Bertz CT molecular complexity index is 736. The molecule has 0 aliphatic rings. The molecule has 0 saturated heterocycles. The maximum Gasteiger partial charge on any atom is 0.332 e. The lowest BCUT2D eigenvalue weighted by Crippen LogP contribution is -2.40. The van der Waals surface area contributed by atoms with Gasteiger partial charge >= 0.3 is 5.69 Å². The van der Waals surface area contributed by atoms with Crippen molar-refractivity contribution in [1.29, 1.82) is 0 Å². The van der Waals surface area contributed by atoms with E-state index in [4.69, 9.17) is 17.0 Å². The fraction of sp³-hybridized carbons (Fsp3) is 0.500. The Labute approximate surface area is 107 Å². The van der Waals surface area contributed by atoms with Crippen LogP contribution < -0.4 is 11.2 Å². The van der Waals surface area contributed by atoms with Gasteiger partial charge in [-0.3, -0.25) is 13.9 Å². The van der Waals surface area contributed by atoms with Gasteiger partial charge in [-0.1, -0.05) is 0 Å². The smallest absolute Gasteiger partial charge is 0.332 e. The van der Waals surface area contributed by atoms with E-state index in [2.05, 4.69) is 9.97 Å². The summed E-state index contributed by atoms with van der Waals surface area (Å²) in [4.78, 5) is 29.8. The normalized spacial score (nSPS) is 11.2. The first-order chi connectivity index (χ1) is 8.60. The number of hydrogen-bond donors (Lipinski definition) is 2. The first kappa shape index (κ1) is 12.8. The topological polar surface area (TPSA) is 84.8 Å². The molecular formula is C10H14N4O3S. The highest BCUT2D eigenvalue weighted by Gasteiger charge is 2.13. The van der Waals surface area contributed by atoms with E-state index in [1.807, 2.05) is 0 Å². The Morgan fingerprint density at radius 3 is 2.61 bits per heavy atom. The summed E-state index contributed by atoms with van der Waals surface area (Å²) in [5, 5.41) is 0. The molecule has 0 aliphatic carbocycles. The fourth-order valence-electron chi connectivity index (χ4n) is 1.86. The van der Waals surface area contributed by atoms with Gasteiger partial charge in [0.05, 0.1) is 13.2 Å². The summed E-state index contributed by atoms with van der Waals surface area (Å²) in [6.45, 7) is 2.79. The Morgan fingerprint density at radius 1 is 1.28 bits per heavy atom. The summed E-state index contributed by atoms with van der Waals surface area (Å²) in [6.07, 6.45) is 0. The van der Waals surface area contributed by atoms with Gasteiger partial charge in [0.15, 0.2) is 4.77 Å². The number of aromatic nitrogens is 4. The van der Waals surface area contributed by atoms with Crippen LogP contribution in [0, 0.1) is 4.77 Å². The fourth-order valence-corrected chi connectivity index (χ4v) is 2.06. The van der Waals surface area contributed by atoms with Crippen molar-refractivity contribution in [3.05, 3.63) is 25.6 Å². The molecule has 0 spiro atoms. The van der Waals surface area contributed by atoms with Crippen molar-refractivity contribution in [2.45, 2.75) is 20.0 Å². The van der Waals surface area contributed by atoms with Gasteiger partial charge in [0, 0.05) is 13.7 Å². The van der Waals surface area contributed by atoms with Crippen LogP contribution in [0.4, 0.5) is 0 Å². The lowest BCUT2D eigenvalue weighted by molar-refractivity contribution is 0.186. The van der Waals surface area contributed by atoms with Crippen LogP contribution >= 0.6 is 12.2 Å². The van der Waals surface area contributed by atoms with Gasteiger partial charge in [0.1, 0.15) is 11.2 Å². The van der Waals surface area contributed by atoms with Gasteiger partial charge in [-0.15, -0.1) is 0 Å². The van der Waals surface area contributed by atoms with Crippen LogP contribution in [-0.2, 0) is 17.8 Å². The Kier molecular flexibility index (Phi) is 3.48. The number of aromatic amines is 2. The quantitative estimate of drug-likeness (QED) is 0.778. The summed E-state index contributed by atoms with van der Waals surface area (Å²) >= 11 is 4.96. The van der Waals surface area contributed by atoms with Crippen LogP contribution in [0.1, 0.15) is 6.92 Å². The molecule has 2 aromatic heterocycles. The Hall–Kier alpha value is -1.67. The number of nitrogens with one attached hydrogen (secondary N) is 2. The Morgan fingerprint density at radius 2 is 2.00 bits per heavy atom. The van der Waals surface area contributed by atoms with E-state index in [0.29, 0.717) is 35.6 Å². The van der Waals surface area contributed by atoms with Crippen LogP contribution in [0.3, 0.4) is 0 Å². The number of imidazole rings is 1. The van der Waals surface area contributed by atoms with Gasteiger partial charge in [-0.05, 0) is 19.1 Å². The third-order valence-corrected chi connectivity index (χ3v) is 2.94. The second kappa shape index (κ2) is 4.91. The van der Waals surface area contributed by atoms with Crippen molar-refractivity contribution in [2.24, 2.45) is 0 Å². The van der Waals surface area contributed by atoms with Crippen molar-refractivity contribution in [1.82, 2.24) is 19.1 Å². The molecule has 0 unspecified atom stereocenters. The number of ether oxygens (including phenoxy) is 1. The number of rotatable bonds is 4. The molecule has 2 rings (SSSR count). The minimum absolute atomic E-state index is 0.312. The van der Waals surface area contributed by atoms with Gasteiger partial charge in [-0.25, -0.2) is 4.79 Å². The number of fused-ring (bicyclic) bond motifs is 1. The third-order valence-electron chi connectivity index (χ3n) is 2.73. The predicted molar refractivity (Wildman–Crippen MR) is 69.6 cm³/mol. The van der Waals surface area contributed by atoms with E-state index in [9.17, 15) is 9.59 Å². The van der Waals surface area contributed by atoms with Gasteiger partial charge in [0.2, 0.25) is 0 Å². The molecule has 0 radical (unpaired) electrons. The number of nitrogens with zero attached hydrogens (tertiary/aromatic N) is 2. The van der Waals surface area contributed by atoms with Crippen LogP contribution in [0.25, 0.3) is 11.2 Å². The van der Waals surface area contributed by atoms with Crippen molar-refractivity contribution < 1.29 is 4.74 Å². The van der Waals surface area contributed by atoms with E-state index in [1.54, 1.807) is 14.0 Å². The zero-order chi connectivity index (χ0) is 13.3. The van der Waals surface area contributed by atoms with Gasteiger partial charge in [0.25, 0.3) is 5.56 Å². The minimum atomic E-state index is -0.364. The van der Waals surface area contributed by atoms with E-state index < -0.39 is 0 Å². The average molecular weight is 270 g/mol. The van der Waals surface area contributed by atoms with E-state index in [-0.39, 0.29) is 11.2 Å². The second-order valence-electron chi connectivity index (χ2n) is 3.78. The molecule has 0 aliphatic heterocycles. The SMILES string of the molecule is CCn1c(=O)c2[nH]c(=S)[nH]c2n(CCOC)c1=O. The summed E-state index contributed by atoms with van der Waals surface area (Å²) < 4.78 is 7.90. The van der Waals surface area contributed by atoms with Crippen molar-refractivity contribution in [3.63, 3.8) is 0 Å². The minimum Gasteiger partial charge on any atom is -0.383 e. The standard InChI is InChI=1S/C10H14N4O3S/c1-3-13-8(15)6-7(12-9(18)11-6)14(10(13)16)4-5-17-2/h3-5H2,1-2H3,(H2,11,12,18). The molecule has 0 saturated carbocycles. The molecule has 7 nitrogen and oxygen atoms in total. The summed E-state index contributed by atoms with van der Waals surface area (Å²) in [7, 11) is 1.55. The molecule has 2 heterocycles. The largest absolute Gasteiger partial charge is 0.383 e.